The van der Waals surface area contributed by atoms with Crippen LogP contribution in [0.3, 0.4) is 0 Å². The Morgan fingerprint density at radius 3 is 2.39 bits per heavy atom. The fourth-order valence-corrected chi connectivity index (χ4v) is 1.58. The molecule has 0 saturated heterocycles. The molecular formula is C12H13F3O3. The van der Waals surface area contributed by atoms with Gasteiger partial charge in [-0.15, -0.1) is 0 Å². The molecule has 0 saturated carbocycles. The lowest BCUT2D eigenvalue weighted by atomic mass is 9.94. The molecule has 1 rings (SSSR count). The summed E-state index contributed by atoms with van der Waals surface area (Å²) in [5.74, 6) is -1.90. The highest BCUT2D eigenvalue weighted by Gasteiger charge is 2.40. The smallest absolute Gasteiger partial charge is 0.418 e. The van der Waals surface area contributed by atoms with Crippen LogP contribution in [-0.2, 0) is 11.2 Å². The number of carboxylic acid groups (broad SMARTS) is 1. The van der Waals surface area contributed by atoms with Crippen LogP contribution in [0.15, 0.2) is 24.3 Å². The molecule has 0 aliphatic carbocycles. The number of aliphatic hydroxyl groups excluding tert-OH is 1. The lowest BCUT2D eigenvalue weighted by Crippen LogP contribution is -2.22. The maximum absolute atomic E-state index is 12.4. The molecule has 1 aromatic carbocycles. The fourth-order valence-electron chi connectivity index (χ4n) is 1.58. The summed E-state index contributed by atoms with van der Waals surface area (Å²) in [6.45, 7) is 1.40. The number of aliphatic hydroxyl groups is 1. The number of aliphatic carboxylic acids is 1. The Hall–Kier alpha value is -1.56. The van der Waals surface area contributed by atoms with E-state index in [1.54, 1.807) is 0 Å². The Bertz CT molecular complexity index is 429. The van der Waals surface area contributed by atoms with E-state index >= 15 is 0 Å². The number of carbonyl (C=O) groups is 1. The Labute approximate surface area is 102 Å². The molecule has 0 bridgehead atoms. The number of rotatable bonds is 4. The maximum Gasteiger partial charge on any atom is 0.418 e. The second-order valence-corrected chi connectivity index (χ2v) is 4.09. The molecule has 0 aliphatic rings. The lowest BCUT2D eigenvalue weighted by Gasteiger charge is -2.19. The van der Waals surface area contributed by atoms with Crippen molar-refractivity contribution in [3.8, 4) is 0 Å². The molecule has 0 radical (unpaired) electrons. The van der Waals surface area contributed by atoms with Gasteiger partial charge in [-0.3, -0.25) is 4.79 Å². The molecule has 1 aromatic rings. The van der Waals surface area contributed by atoms with Crippen LogP contribution < -0.4 is 0 Å². The first-order valence-electron chi connectivity index (χ1n) is 5.29. The summed E-state index contributed by atoms with van der Waals surface area (Å²) in [6.07, 6.45) is -7.41. The standard InChI is InChI=1S/C12H13F3O3/c1-7(11(17)18)6-8-4-2-3-5-9(8)10(16)12(13,14)15/h2-5,7,10,16H,6H2,1H3,(H,17,18). The van der Waals surface area contributed by atoms with Gasteiger partial charge >= 0.3 is 12.1 Å². The zero-order valence-electron chi connectivity index (χ0n) is 9.61. The van der Waals surface area contributed by atoms with Gasteiger partial charge in [-0.25, -0.2) is 0 Å². The van der Waals surface area contributed by atoms with E-state index in [-0.39, 0.29) is 17.5 Å². The average Bonchev–Trinajstić information content (AvgIpc) is 2.27. The van der Waals surface area contributed by atoms with Gasteiger partial charge in [0.1, 0.15) is 0 Å². The number of alkyl halides is 3. The Balaban J connectivity index is 3.03. The van der Waals surface area contributed by atoms with Crippen molar-refractivity contribution in [1.82, 2.24) is 0 Å². The first-order chi connectivity index (χ1) is 8.23. The summed E-state index contributed by atoms with van der Waals surface area (Å²) in [7, 11) is 0. The second kappa shape index (κ2) is 5.39. The van der Waals surface area contributed by atoms with E-state index in [2.05, 4.69) is 0 Å². The molecule has 0 fully saturated rings. The predicted molar refractivity (Wildman–Crippen MR) is 58.0 cm³/mol. The minimum absolute atomic E-state index is 0.0569. The monoisotopic (exact) mass is 262 g/mol. The highest BCUT2D eigenvalue weighted by molar-refractivity contribution is 5.70. The topological polar surface area (TPSA) is 57.5 Å². The van der Waals surface area contributed by atoms with Gasteiger partial charge in [-0.1, -0.05) is 31.2 Å². The third-order valence-electron chi connectivity index (χ3n) is 2.61. The van der Waals surface area contributed by atoms with Gasteiger partial charge in [-0.05, 0) is 17.5 Å². The molecule has 2 N–H and O–H groups in total. The molecule has 2 atom stereocenters. The van der Waals surface area contributed by atoms with Crippen LogP contribution in [0.2, 0.25) is 0 Å². The van der Waals surface area contributed by atoms with Crippen LogP contribution in [0.1, 0.15) is 24.2 Å². The van der Waals surface area contributed by atoms with Gasteiger partial charge in [0.05, 0.1) is 5.92 Å². The minimum Gasteiger partial charge on any atom is -0.481 e. The number of carboxylic acids is 1. The Morgan fingerprint density at radius 1 is 1.33 bits per heavy atom. The zero-order chi connectivity index (χ0) is 13.9. The molecule has 0 heterocycles. The van der Waals surface area contributed by atoms with Gasteiger partial charge in [0.25, 0.3) is 0 Å². The largest absolute Gasteiger partial charge is 0.481 e. The van der Waals surface area contributed by atoms with Crippen molar-refractivity contribution >= 4 is 5.97 Å². The highest BCUT2D eigenvalue weighted by atomic mass is 19.4. The van der Waals surface area contributed by atoms with Crippen LogP contribution in [0.5, 0.6) is 0 Å². The van der Waals surface area contributed by atoms with Crippen molar-refractivity contribution in [1.29, 1.82) is 0 Å². The summed E-state index contributed by atoms with van der Waals surface area (Å²) in [5.41, 5.74) is -0.102. The summed E-state index contributed by atoms with van der Waals surface area (Å²) in [6, 6.07) is 5.43. The quantitative estimate of drug-likeness (QED) is 0.876. The maximum atomic E-state index is 12.4. The summed E-state index contributed by atoms with van der Waals surface area (Å²) in [5, 5.41) is 18.0. The highest BCUT2D eigenvalue weighted by Crippen LogP contribution is 2.34. The van der Waals surface area contributed by atoms with Crippen molar-refractivity contribution in [3.05, 3.63) is 35.4 Å². The van der Waals surface area contributed by atoms with Crippen molar-refractivity contribution < 1.29 is 28.2 Å². The lowest BCUT2D eigenvalue weighted by molar-refractivity contribution is -0.207. The molecule has 100 valence electrons. The summed E-state index contributed by atoms with van der Waals surface area (Å²) in [4.78, 5) is 10.7. The average molecular weight is 262 g/mol. The first-order valence-corrected chi connectivity index (χ1v) is 5.29. The van der Waals surface area contributed by atoms with Crippen LogP contribution in [0.25, 0.3) is 0 Å². The van der Waals surface area contributed by atoms with Crippen molar-refractivity contribution in [2.75, 3.05) is 0 Å². The number of hydrogen-bond donors (Lipinski definition) is 2. The third-order valence-corrected chi connectivity index (χ3v) is 2.61. The van der Waals surface area contributed by atoms with Crippen LogP contribution in [-0.4, -0.2) is 22.4 Å². The van der Waals surface area contributed by atoms with Crippen LogP contribution >= 0.6 is 0 Å². The second-order valence-electron chi connectivity index (χ2n) is 4.09. The molecule has 18 heavy (non-hydrogen) atoms. The van der Waals surface area contributed by atoms with E-state index < -0.39 is 24.2 Å². The van der Waals surface area contributed by atoms with E-state index in [9.17, 15) is 23.1 Å². The zero-order valence-corrected chi connectivity index (χ0v) is 9.61. The SMILES string of the molecule is CC(Cc1ccccc1C(O)C(F)(F)F)C(=O)O. The molecular weight excluding hydrogens is 249 g/mol. The molecule has 2 unspecified atom stereocenters. The van der Waals surface area contributed by atoms with Crippen LogP contribution in [0, 0.1) is 5.92 Å². The first kappa shape index (κ1) is 14.5. The number of hydrogen-bond acceptors (Lipinski definition) is 2. The molecule has 3 nitrogen and oxygen atoms in total. The van der Waals surface area contributed by atoms with E-state index in [0.29, 0.717) is 0 Å². The van der Waals surface area contributed by atoms with Crippen molar-refractivity contribution in [2.24, 2.45) is 5.92 Å². The Morgan fingerprint density at radius 2 is 1.89 bits per heavy atom. The molecule has 0 aromatic heterocycles. The summed E-state index contributed by atoms with van der Waals surface area (Å²) >= 11 is 0. The van der Waals surface area contributed by atoms with E-state index in [1.165, 1.54) is 25.1 Å². The van der Waals surface area contributed by atoms with Gasteiger partial charge in [0.15, 0.2) is 6.10 Å². The van der Waals surface area contributed by atoms with Crippen molar-refractivity contribution in [2.45, 2.75) is 25.6 Å². The Kier molecular flexibility index (Phi) is 4.34. The number of halogens is 3. The fraction of sp³-hybridized carbons (Fsp3) is 0.417. The van der Waals surface area contributed by atoms with E-state index in [1.807, 2.05) is 0 Å². The van der Waals surface area contributed by atoms with E-state index in [4.69, 9.17) is 5.11 Å². The third kappa shape index (κ3) is 3.46. The normalized spacial score (nSPS) is 15.2. The minimum atomic E-state index is -4.76. The number of benzene rings is 1. The molecule has 0 spiro atoms. The predicted octanol–water partition coefficient (Wildman–Crippen LogP) is 2.55. The van der Waals surface area contributed by atoms with Crippen molar-refractivity contribution in [3.63, 3.8) is 0 Å². The molecule has 0 amide bonds. The molecule has 6 heteroatoms. The van der Waals surface area contributed by atoms with Crippen LogP contribution in [0.4, 0.5) is 13.2 Å². The molecule has 0 aliphatic heterocycles. The van der Waals surface area contributed by atoms with E-state index in [0.717, 1.165) is 6.07 Å². The van der Waals surface area contributed by atoms with Gasteiger partial charge in [0.2, 0.25) is 0 Å². The van der Waals surface area contributed by atoms with Gasteiger partial charge in [-0.2, -0.15) is 13.2 Å². The summed E-state index contributed by atoms with van der Waals surface area (Å²) < 4.78 is 37.3. The van der Waals surface area contributed by atoms with Gasteiger partial charge < -0.3 is 10.2 Å². The van der Waals surface area contributed by atoms with Gasteiger partial charge in [0, 0.05) is 0 Å².